The van der Waals surface area contributed by atoms with Gasteiger partial charge in [0.2, 0.25) is 5.91 Å². The summed E-state index contributed by atoms with van der Waals surface area (Å²) in [6, 6.07) is 12.1. The van der Waals surface area contributed by atoms with E-state index >= 15 is 0 Å². The second-order valence-electron chi connectivity index (χ2n) is 6.91. The maximum Gasteiger partial charge on any atom is 0.224 e. The van der Waals surface area contributed by atoms with Crippen molar-refractivity contribution in [2.45, 2.75) is 47.2 Å². The Morgan fingerprint density at radius 1 is 1.18 bits per heavy atom. The molecule has 0 saturated heterocycles. The fourth-order valence-electron chi connectivity index (χ4n) is 2.59. The maximum atomic E-state index is 11.9. The Bertz CT molecular complexity index is 773. The monoisotopic (exact) mass is 514 g/mol. The van der Waals surface area contributed by atoms with Crippen molar-refractivity contribution in [3.05, 3.63) is 51.7 Å². The van der Waals surface area contributed by atoms with Crippen LogP contribution in [0.5, 0.6) is 0 Å². The van der Waals surface area contributed by atoms with E-state index in [1.807, 2.05) is 38.1 Å². The second-order valence-corrected chi connectivity index (χ2v) is 8.28. The van der Waals surface area contributed by atoms with Crippen LogP contribution in [0.2, 0.25) is 0 Å². The van der Waals surface area contributed by atoms with Crippen LogP contribution >= 0.6 is 35.3 Å². The number of thiophene rings is 1. The molecule has 1 amide bonds. The third-order valence-electron chi connectivity index (χ3n) is 3.79. The fourth-order valence-corrected chi connectivity index (χ4v) is 3.42. The molecule has 0 spiro atoms. The van der Waals surface area contributed by atoms with E-state index in [2.05, 4.69) is 46.9 Å². The molecular formula is C21H31IN4OS. The summed E-state index contributed by atoms with van der Waals surface area (Å²) >= 11 is 1.79. The lowest BCUT2D eigenvalue weighted by Crippen LogP contribution is -2.36. The van der Waals surface area contributed by atoms with Crippen molar-refractivity contribution >= 4 is 52.9 Å². The van der Waals surface area contributed by atoms with E-state index in [1.165, 1.54) is 9.75 Å². The molecule has 0 aliphatic rings. The Balaban J connectivity index is 0.00000392. The molecule has 0 aliphatic carbocycles. The lowest BCUT2D eigenvalue weighted by molar-refractivity contribution is -0.116. The number of aryl methyl sites for hydroxylation is 1. The van der Waals surface area contributed by atoms with Gasteiger partial charge in [0, 0.05) is 28.4 Å². The van der Waals surface area contributed by atoms with Crippen LogP contribution in [0.4, 0.5) is 5.69 Å². The summed E-state index contributed by atoms with van der Waals surface area (Å²) in [5.41, 5.74) is 1.88. The number of nitrogens with one attached hydrogen (secondary N) is 3. The van der Waals surface area contributed by atoms with Crippen LogP contribution in [0, 0.1) is 12.8 Å². The molecule has 0 atom stereocenters. The highest BCUT2D eigenvalue weighted by Crippen LogP contribution is 2.15. The number of rotatable bonds is 8. The zero-order chi connectivity index (χ0) is 19.6. The molecule has 7 heteroatoms. The van der Waals surface area contributed by atoms with Gasteiger partial charge in [-0.25, -0.2) is 4.99 Å². The van der Waals surface area contributed by atoms with Crippen molar-refractivity contribution in [1.29, 1.82) is 0 Å². The van der Waals surface area contributed by atoms with E-state index in [-0.39, 0.29) is 29.9 Å². The van der Waals surface area contributed by atoms with Gasteiger partial charge in [-0.15, -0.1) is 35.3 Å². The van der Waals surface area contributed by atoms with Gasteiger partial charge >= 0.3 is 0 Å². The van der Waals surface area contributed by atoms with Crippen molar-refractivity contribution in [3.8, 4) is 0 Å². The number of anilines is 1. The molecule has 1 aromatic carbocycles. The van der Waals surface area contributed by atoms with Gasteiger partial charge < -0.3 is 16.0 Å². The number of carbonyl (C=O) groups excluding carboxylic acids is 1. The molecule has 0 saturated carbocycles. The van der Waals surface area contributed by atoms with Crippen molar-refractivity contribution in [1.82, 2.24) is 10.6 Å². The third kappa shape index (κ3) is 9.05. The van der Waals surface area contributed by atoms with E-state index in [0.29, 0.717) is 18.9 Å². The minimum absolute atomic E-state index is 0. The van der Waals surface area contributed by atoms with Crippen LogP contribution in [-0.2, 0) is 17.9 Å². The highest BCUT2D eigenvalue weighted by atomic mass is 127. The molecule has 154 valence electrons. The molecule has 0 fully saturated rings. The number of nitrogens with zero attached hydrogens (tertiary/aromatic N) is 1. The van der Waals surface area contributed by atoms with E-state index in [1.54, 1.807) is 11.3 Å². The van der Waals surface area contributed by atoms with Gasteiger partial charge in [-0.1, -0.05) is 26.0 Å². The Kier molecular flexibility index (Phi) is 11.1. The fraction of sp³-hybridized carbons (Fsp3) is 0.429. The zero-order valence-electron chi connectivity index (χ0n) is 17.0. The topological polar surface area (TPSA) is 65.5 Å². The van der Waals surface area contributed by atoms with Gasteiger partial charge in [-0.3, -0.25) is 4.79 Å². The molecule has 0 bridgehead atoms. The molecule has 5 nitrogen and oxygen atoms in total. The molecule has 1 aromatic heterocycles. The number of carbonyl (C=O) groups is 1. The molecule has 28 heavy (non-hydrogen) atoms. The first-order valence-corrected chi connectivity index (χ1v) is 10.2. The van der Waals surface area contributed by atoms with E-state index in [9.17, 15) is 4.79 Å². The summed E-state index contributed by atoms with van der Waals surface area (Å²) in [7, 11) is 0. The average Bonchev–Trinajstić information content (AvgIpc) is 3.02. The first kappa shape index (κ1) is 24.4. The first-order valence-electron chi connectivity index (χ1n) is 9.42. The SMILES string of the molecule is CCNC(=NCc1cccc(NC(=O)CC(C)C)c1)NCc1ccc(C)s1.I. The maximum absolute atomic E-state index is 11.9. The van der Waals surface area contributed by atoms with Crippen LogP contribution in [0.15, 0.2) is 41.4 Å². The Labute approximate surface area is 189 Å². The summed E-state index contributed by atoms with van der Waals surface area (Å²) in [5, 5.41) is 9.60. The molecular weight excluding hydrogens is 483 g/mol. The van der Waals surface area contributed by atoms with Gasteiger partial charge in [0.15, 0.2) is 5.96 Å². The largest absolute Gasteiger partial charge is 0.357 e. The molecule has 2 rings (SSSR count). The summed E-state index contributed by atoms with van der Waals surface area (Å²) in [5.74, 6) is 1.18. The predicted octanol–water partition coefficient (Wildman–Crippen LogP) is 4.91. The van der Waals surface area contributed by atoms with Gasteiger partial charge in [0.25, 0.3) is 0 Å². The predicted molar refractivity (Wildman–Crippen MR) is 131 cm³/mol. The highest BCUT2D eigenvalue weighted by Gasteiger charge is 2.06. The quantitative estimate of drug-likeness (QED) is 0.266. The van der Waals surface area contributed by atoms with Gasteiger partial charge in [-0.2, -0.15) is 0 Å². The number of benzene rings is 1. The summed E-state index contributed by atoms with van der Waals surface area (Å²) in [6.45, 7) is 10.4. The van der Waals surface area contributed by atoms with Gasteiger partial charge in [0.05, 0.1) is 13.1 Å². The highest BCUT2D eigenvalue weighted by molar-refractivity contribution is 14.0. The number of amides is 1. The van der Waals surface area contributed by atoms with Crippen LogP contribution in [0.1, 0.15) is 42.5 Å². The lowest BCUT2D eigenvalue weighted by Gasteiger charge is -2.11. The average molecular weight is 514 g/mol. The molecule has 2 aromatic rings. The second kappa shape index (κ2) is 12.8. The summed E-state index contributed by atoms with van der Waals surface area (Å²) in [6.07, 6.45) is 0.527. The number of hydrogen-bond donors (Lipinski definition) is 3. The summed E-state index contributed by atoms with van der Waals surface area (Å²) < 4.78 is 0. The molecule has 0 unspecified atom stereocenters. The zero-order valence-corrected chi connectivity index (χ0v) is 20.2. The van der Waals surface area contributed by atoms with Crippen LogP contribution < -0.4 is 16.0 Å². The first-order chi connectivity index (χ1) is 13.0. The van der Waals surface area contributed by atoms with Crippen molar-refractivity contribution in [3.63, 3.8) is 0 Å². The number of guanidine groups is 1. The van der Waals surface area contributed by atoms with Crippen molar-refractivity contribution in [2.24, 2.45) is 10.9 Å². The van der Waals surface area contributed by atoms with E-state index < -0.39 is 0 Å². The Morgan fingerprint density at radius 2 is 1.96 bits per heavy atom. The van der Waals surface area contributed by atoms with Crippen LogP contribution in [0.25, 0.3) is 0 Å². The molecule has 3 N–H and O–H groups in total. The van der Waals surface area contributed by atoms with Crippen molar-refractivity contribution < 1.29 is 4.79 Å². The Hall–Kier alpha value is -1.61. The standard InChI is InChI=1S/C21H30N4OS.HI/c1-5-22-21(24-14-19-10-9-16(4)27-19)23-13-17-7-6-8-18(12-17)25-20(26)11-15(2)3;/h6-10,12,15H,5,11,13-14H2,1-4H3,(H,25,26)(H2,22,23,24);1H. The molecule has 0 aliphatic heterocycles. The van der Waals surface area contributed by atoms with E-state index in [4.69, 9.17) is 0 Å². The Morgan fingerprint density at radius 3 is 2.61 bits per heavy atom. The van der Waals surface area contributed by atoms with Crippen LogP contribution in [-0.4, -0.2) is 18.4 Å². The lowest BCUT2D eigenvalue weighted by atomic mass is 10.1. The third-order valence-corrected chi connectivity index (χ3v) is 4.80. The smallest absolute Gasteiger partial charge is 0.224 e. The van der Waals surface area contributed by atoms with Crippen molar-refractivity contribution in [2.75, 3.05) is 11.9 Å². The molecule has 0 radical (unpaired) electrons. The number of halogens is 1. The number of aliphatic imine (C=N–C) groups is 1. The van der Waals surface area contributed by atoms with Gasteiger partial charge in [0.1, 0.15) is 0 Å². The van der Waals surface area contributed by atoms with E-state index in [0.717, 1.165) is 30.3 Å². The number of hydrogen-bond acceptors (Lipinski definition) is 3. The minimum atomic E-state index is 0. The summed E-state index contributed by atoms with van der Waals surface area (Å²) in [4.78, 5) is 19.2. The normalized spacial score (nSPS) is 11.1. The van der Waals surface area contributed by atoms with Crippen LogP contribution in [0.3, 0.4) is 0 Å². The molecule has 1 heterocycles. The minimum Gasteiger partial charge on any atom is -0.357 e. The van der Waals surface area contributed by atoms with Gasteiger partial charge in [-0.05, 0) is 49.6 Å².